The number of carbonyl (C=O) groups excluding carboxylic acids is 1. The number of hydrogen-bond acceptors (Lipinski definition) is 4. The highest BCUT2D eigenvalue weighted by molar-refractivity contribution is 5.94. The Morgan fingerprint density at radius 1 is 1.03 bits per heavy atom. The second-order valence-electron chi connectivity index (χ2n) is 9.28. The number of benzene rings is 2. The maximum atomic E-state index is 12.5. The van der Waals surface area contributed by atoms with Crippen molar-refractivity contribution in [1.29, 1.82) is 0 Å². The van der Waals surface area contributed by atoms with Gasteiger partial charge in [-0.15, -0.1) is 5.06 Å². The lowest BCUT2D eigenvalue weighted by Gasteiger charge is -2.26. The normalized spacial score (nSPS) is 22.8. The van der Waals surface area contributed by atoms with Gasteiger partial charge in [-0.1, -0.05) is 48.5 Å². The minimum Gasteiger partial charge on any atom is -0.444 e. The topological polar surface area (TPSA) is 50.8 Å². The Morgan fingerprint density at radius 3 is 2.37 bits per heavy atom. The summed E-state index contributed by atoms with van der Waals surface area (Å²) < 4.78 is 5.53. The van der Waals surface area contributed by atoms with Crippen molar-refractivity contribution in [3.8, 4) is 0 Å². The first-order valence-corrected chi connectivity index (χ1v) is 10.8. The summed E-state index contributed by atoms with van der Waals surface area (Å²) in [5.74, 6) is 0.929. The third-order valence-corrected chi connectivity index (χ3v) is 6.04. The third kappa shape index (κ3) is 3.37. The number of carbonyl (C=O) groups is 1. The van der Waals surface area contributed by atoms with Crippen molar-refractivity contribution in [2.24, 2.45) is 0 Å². The van der Waals surface area contributed by atoms with Crippen LogP contribution in [0, 0.1) is 0 Å². The first kappa shape index (κ1) is 19.2. The van der Waals surface area contributed by atoms with E-state index in [0.29, 0.717) is 0 Å². The van der Waals surface area contributed by atoms with Gasteiger partial charge in [0.2, 0.25) is 0 Å². The van der Waals surface area contributed by atoms with E-state index in [1.807, 2.05) is 25.8 Å². The average Bonchev–Trinajstić information content (AvgIpc) is 3.24. The van der Waals surface area contributed by atoms with Crippen LogP contribution in [0.5, 0.6) is 0 Å². The number of hydrogen-bond donors (Lipinski definition) is 1. The molecule has 5 heteroatoms. The fourth-order valence-electron chi connectivity index (χ4n) is 4.83. The molecule has 30 heavy (non-hydrogen) atoms. The highest BCUT2D eigenvalue weighted by Gasteiger charge is 2.47. The van der Waals surface area contributed by atoms with Crippen LogP contribution >= 0.6 is 0 Å². The largest absolute Gasteiger partial charge is 0.444 e. The molecule has 0 saturated carbocycles. The number of alkyl carbamates (subject to hydrolysis) is 1. The smallest absolute Gasteiger partial charge is 0.407 e. The zero-order chi connectivity index (χ0) is 20.9. The highest BCUT2D eigenvalue weighted by atomic mass is 16.7. The molecular formula is C25H28N2O3. The Kier molecular flexibility index (Phi) is 4.58. The summed E-state index contributed by atoms with van der Waals surface area (Å²) in [4.78, 5) is 19.0. The molecule has 2 aliphatic heterocycles. The molecule has 0 bridgehead atoms. The van der Waals surface area contributed by atoms with E-state index in [9.17, 15) is 4.79 Å². The van der Waals surface area contributed by atoms with Gasteiger partial charge in [-0.3, -0.25) is 0 Å². The molecule has 0 radical (unpaired) electrons. The van der Waals surface area contributed by atoms with Gasteiger partial charge in [-0.25, -0.2) is 4.79 Å². The molecule has 1 saturated heterocycles. The van der Waals surface area contributed by atoms with E-state index in [-0.39, 0.29) is 18.2 Å². The number of hydroxylamine groups is 2. The summed E-state index contributed by atoms with van der Waals surface area (Å²) >= 11 is 0. The van der Waals surface area contributed by atoms with Crippen molar-refractivity contribution in [1.82, 2.24) is 10.4 Å². The van der Waals surface area contributed by atoms with Gasteiger partial charge in [0.15, 0.2) is 5.76 Å². The van der Waals surface area contributed by atoms with E-state index in [1.54, 1.807) is 0 Å². The number of aryl methyl sites for hydroxylation is 2. The van der Waals surface area contributed by atoms with Gasteiger partial charge in [-0.05, 0) is 56.7 Å². The number of amides is 1. The molecule has 5 rings (SSSR count). The molecule has 1 aliphatic carbocycles. The summed E-state index contributed by atoms with van der Waals surface area (Å²) in [6.07, 6.45) is 2.42. The molecule has 0 spiro atoms. The van der Waals surface area contributed by atoms with E-state index >= 15 is 0 Å². The van der Waals surface area contributed by atoms with Crippen LogP contribution in [0.2, 0.25) is 0 Å². The van der Waals surface area contributed by atoms with Crippen molar-refractivity contribution < 1.29 is 14.4 Å². The van der Waals surface area contributed by atoms with Crippen LogP contribution in [-0.2, 0) is 22.4 Å². The molecule has 2 heterocycles. The van der Waals surface area contributed by atoms with Crippen LogP contribution < -0.4 is 5.32 Å². The quantitative estimate of drug-likeness (QED) is 0.757. The zero-order valence-corrected chi connectivity index (χ0v) is 17.8. The lowest BCUT2D eigenvalue weighted by atomic mass is 9.84. The van der Waals surface area contributed by atoms with Gasteiger partial charge in [0.05, 0.1) is 12.1 Å². The lowest BCUT2D eigenvalue weighted by Crippen LogP contribution is -2.45. The van der Waals surface area contributed by atoms with E-state index in [0.717, 1.165) is 37.1 Å². The Labute approximate surface area is 177 Å². The zero-order valence-electron chi connectivity index (χ0n) is 17.8. The Balaban J connectivity index is 1.58. The van der Waals surface area contributed by atoms with E-state index in [2.05, 4.69) is 53.8 Å². The molecule has 2 atom stereocenters. The predicted molar refractivity (Wildman–Crippen MR) is 116 cm³/mol. The van der Waals surface area contributed by atoms with Gasteiger partial charge in [0.25, 0.3) is 0 Å². The molecule has 1 amide bonds. The molecule has 5 nitrogen and oxygen atoms in total. The summed E-state index contributed by atoms with van der Waals surface area (Å²) in [7, 11) is 0. The Bertz CT molecular complexity index is 1020. The fourth-order valence-corrected chi connectivity index (χ4v) is 4.83. The van der Waals surface area contributed by atoms with E-state index < -0.39 is 5.60 Å². The van der Waals surface area contributed by atoms with Crippen LogP contribution in [0.25, 0.3) is 11.3 Å². The lowest BCUT2D eigenvalue weighted by molar-refractivity contribution is -0.0691. The Hall–Kier alpha value is -2.79. The predicted octanol–water partition coefficient (Wildman–Crippen LogP) is 4.57. The van der Waals surface area contributed by atoms with Crippen molar-refractivity contribution in [2.45, 2.75) is 57.7 Å². The van der Waals surface area contributed by atoms with Crippen LogP contribution in [0.1, 0.15) is 49.4 Å². The molecule has 2 unspecified atom stereocenters. The SMILES string of the molecule is CC(C)(C)OC(=O)NC1CCN2OC3=C(c4ccccc4CCc4ccccc43)C12. The molecular weight excluding hydrogens is 376 g/mol. The van der Waals surface area contributed by atoms with E-state index in [4.69, 9.17) is 9.57 Å². The van der Waals surface area contributed by atoms with Crippen molar-refractivity contribution in [2.75, 3.05) is 6.54 Å². The average molecular weight is 405 g/mol. The molecule has 1 N–H and O–H groups in total. The summed E-state index contributed by atoms with van der Waals surface area (Å²) in [5.41, 5.74) is 5.67. The van der Waals surface area contributed by atoms with Crippen molar-refractivity contribution >= 4 is 17.4 Å². The molecule has 2 aromatic carbocycles. The maximum Gasteiger partial charge on any atom is 0.407 e. The van der Waals surface area contributed by atoms with Crippen LogP contribution in [0.3, 0.4) is 0 Å². The maximum absolute atomic E-state index is 12.5. The fraction of sp³-hybridized carbons (Fsp3) is 0.400. The van der Waals surface area contributed by atoms with Crippen LogP contribution in [0.4, 0.5) is 4.79 Å². The molecule has 156 valence electrons. The van der Waals surface area contributed by atoms with Gasteiger partial charge >= 0.3 is 6.09 Å². The second kappa shape index (κ2) is 7.17. The highest BCUT2D eigenvalue weighted by Crippen LogP contribution is 2.46. The van der Waals surface area contributed by atoms with E-state index in [1.165, 1.54) is 22.3 Å². The first-order chi connectivity index (χ1) is 14.4. The van der Waals surface area contributed by atoms with Gasteiger partial charge < -0.3 is 14.9 Å². The summed E-state index contributed by atoms with van der Waals surface area (Å²) in [6, 6.07) is 17.0. The number of nitrogens with zero attached hydrogens (tertiary/aromatic N) is 1. The standard InChI is InChI=1S/C25H28N2O3/c1-25(2,3)29-24(28)26-20-14-15-27-22(20)21-18-10-6-4-8-16(18)12-13-17-9-5-7-11-19(17)23(21)30-27/h4-11,20,22H,12-15H2,1-3H3,(H,26,28). The monoisotopic (exact) mass is 404 g/mol. The summed E-state index contributed by atoms with van der Waals surface area (Å²) in [5, 5.41) is 5.15. The van der Waals surface area contributed by atoms with Crippen LogP contribution in [0.15, 0.2) is 48.5 Å². The Morgan fingerprint density at radius 2 is 1.67 bits per heavy atom. The second-order valence-corrected chi connectivity index (χ2v) is 9.28. The molecule has 3 aliphatic rings. The molecule has 0 aromatic heterocycles. The summed E-state index contributed by atoms with van der Waals surface area (Å²) in [6.45, 7) is 6.42. The van der Waals surface area contributed by atoms with Gasteiger partial charge in [-0.2, -0.15) is 0 Å². The minimum atomic E-state index is -0.523. The number of ether oxygens (including phenoxy) is 1. The van der Waals surface area contributed by atoms with Gasteiger partial charge in [0, 0.05) is 17.7 Å². The number of rotatable bonds is 1. The first-order valence-electron chi connectivity index (χ1n) is 10.8. The van der Waals surface area contributed by atoms with Crippen LogP contribution in [-0.4, -0.2) is 35.4 Å². The molecule has 1 fully saturated rings. The van der Waals surface area contributed by atoms with Crippen molar-refractivity contribution in [3.05, 3.63) is 70.8 Å². The third-order valence-electron chi connectivity index (χ3n) is 6.04. The molecule has 2 aromatic rings. The van der Waals surface area contributed by atoms with Crippen molar-refractivity contribution in [3.63, 3.8) is 0 Å². The number of nitrogens with one attached hydrogen (secondary N) is 1. The number of fused-ring (bicyclic) bond motifs is 6. The minimum absolute atomic E-state index is 0.0279. The van der Waals surface area contributed by atoms with Gasteiger partial charge in [0.1, 0.15) is 5.60 Å².